The molecule has 15 heavy (non-hydrogen) atoms. The van der Waals surface area contributed by atoms with Gasteiger partial charge in [0.2, 0.25) is 5.75 Å². The van der Waals surface area contributed by atoms with Gasteiger partial charge in [0, 0.05) is 13.6 Å². The van der Waals surface area contributed by atoms with Crippen molar-refractivity contribution in [3.8, 4) is 5.75 Å². The lowest BCUT2D eigenvalue weighted by molar-refractivity contribution is 0.265. The Hall–Kier alpha value is -1.52. The smallest absolute Gasteiger partial charge is 0.311 e. The Labute approximate surface area is 87.3 Å². The summed E-state index contributed by atoms with van der Waals surface area (Å²) in [6, 6.07) is 0.436. The summed E-state index contributed by atoms with van der Waals surface area (Å²) in [7, 11) is 1.64. The molecule has 1 aromatic heterocycles. The lowest BCUT2D eigenvalue weighted by atomic mass is 10.2. The molecule has 1 fully saturated rings. The average Bonchev–Trinajstić information content (AvgIpc) is 2.71. The zero-order chi connectivity index (χ0) is 10.4. The molecule has 1 aromatic rings. The van der Waals surface area contributed by atoms with E-state index in [1.54, 1.807) is 13.2 Å². The molecule has 5 heteroatoms. The van der Waals surface area contributed by atoms with Crippen molar-refractivity contribution in [1.82, 2.24) is 9.78 Å². The Morgan fingerprint density at radius 1 is 1.60 bits per heavy atom. The van der Waals surface area contributed by atoms with Crippen LogP contribution in [-0.2, 0) is 7.05 Å². The molecule has 80 valence electrons. The lowest BCUT2D eigenvalue weighted by Crippen LogP contribution is -2.41. The van der Waals surface area contributed by atoms with Crippen molar-refractivity contribution < 1.29 is 4.74 Å². The van der Waals surface area contributed by atoms with Crippen LogP contribution in [0.5, 0.6) is 5.75 Å². The SMILES string of the molecule is Cn1ncc2c(c1=O)OC[C@@H]1CCCN21. The highest BCUT2D eigenvalue weighted by Gasteiger charge is 2.33. The van der Waals surface area contributed by atoms with Gasteiger partial charge in [-0.15, -0.1) is 0 Å². The van der Waals surface area contributed by atoms with E-state index in [0.717, 1.165) is 18.7 Å². The highest BCUT2D eigenvalue weighted by molar-refractivity contribution is 5.58. The highest BCUT2D eigenvalue weighted by atomic mass is 16.5. The van der Waals surface area contributed by atoms with Gasteiger partial charge in [-0.2, -0.15) is 5.10 Å². The van der Waals surface area contributed by atoms with Gasteiger partial charge in [0.05, 0.1) is 12.2 Å². The summed E-state index contributed by atoms with van der Waals surface area (Å²) in [4.78, 5) is 14.0. The molecule has 3 rings (SSSR count). The first-order chi connectivity index (χ1) is 7.27. The van der Waals surface area contributed by atoms with Gasteiger partial charge in [-0.05, 0) is 12.8 Å². The summed E-state index contributed by atoms with van der Waals surface area (Å²) in [5, 5.41) is 4.03. The monoisotopic (exact) mass is 207 g/mol. The van der Waals surface area contributed by atoms with E-state index in [1.807, 2.05) is 0 Å². The third-order valence-corrected chi connectivity index (χ3v) is 3.18. The molecule has 3 heterocycles. The fourth-order valence-electron chi connectivity index (χ4n) is 2.35. The third kappa shape index (κ3) is 1.15. The molecule has 0 radical (unpaired) electrons. The Morgan fingerprint density at radius 2 is 2.47 bits per heavy atom. The van der Waals surface area contributed by atoms with Gasteiger partial charge in [0.15, 0.2) is 0 Å². The van der Waals surface area contributed by atoms with E-state index in [-0.39, 0.29) is 5.56 Å². The predicted molar refractivity (Wildman–Crippen MR) is 55.3 cm³/mol. The number of aryl methyl sites for hydroxylation is 1. The lowest BCUT2D eigenvalue weighted by Gasteiger charge is -2.32. The summed E-state index contributed by atoms with van der Waals surface area (Å²) in [5.74, 6) is 0.464. The van der Waals surface area contributed by atoms with Crippen LogP contribution in [0.15, 0.2) is 11.0 Å². The number of fused-ring (bicyclic) bond motifs is 3. The van der Waals surface area contributed by atoms with Gasteiger partial charge in [0.25, 0.3) is 0 Å². The predicted octanol–water partition coefficient (Wildman–Crippen LogP) is 0.141. The van der Waals surface area contributed by atoms with E-state index in [2.05, 4.69) is 10.00 Å². The van der Waals surface area contributed by atoms with Gasteiger partial charge < -0.3 is 9.64 Å². The molecule has 1 saturated heterocycles. The molecule has 0 saturated carbocycles. The number of anilines is 1. The van der Waals surface area contributed by atoms with Crippen LogP contribution in [0.25, 0.3) is 0 Å². The van der Waals surface area contributed by atoms with E-state index in [4.69, 9.17) is 4.74 Å². The van der Waals surface area contributed by atoms with Crippen LogP contribution in [-0.4, -0.2) is 29.0 Å². The van der Waals surface area contributed by atoms with Crippen molar-refractivity contribution in [3.05, 3.63) is 16.6 Å². The minimum Gasteiger partial charge on any atom is -0.484 e. The molecular weight excluding hydrogens is 194 g/mol. The van der Waals surface area contributed by atoms with Gasteiger partial charge in [-0.25, -0.2) is 4.68 Å². The maximum atomic E-state index is 11.8. The summed E-state index contributed by atoms with van der Waals surface area (Å²) in [6.45, 7) is 1.64. The van der Waals surface area contributed by atoms with Gasteiger partial charge >= 0.3 is 5.56 Å². The molecule has 5 nitrogen and oxygen atoms in total. The van der Waals surface area contributed by atoms with Crippen molar-refractivity contribution in [2.24, 2.45) is 7.05 Å². The molecule has 0 N–H and O–H groups in total. The average molecular weight is 207 g/mol. The van der Waals surface area contributed by atoms with E-state index in [1.165, 1.54) is 11.1 Å². The maximum Gasteiger partial charge on any atom is 0.311 e. The van der Waals surface area contributed by atoms with Crippen LogP contribution in [0, 0.1) is 0 Å². The third-order valence-electron chi connectivity index (χ3n) is 3.18. The zero-order valence-corrected chi connectivity index (χ0v) is 8.64. The van der Waals surface area contributed by atoms with Crippen molar-refractivity contribution in [1.29, 1.82) is 0 Å². The summed E-state index contributed by atoms with van der Waals surface area (Å²) < 4.78 is 6.85. The molecule has 0 aromatic carbocycles. The number of hydrogen-bond donors (Lipinski definition) is 0. The molecule has 0 amide bonds. The standard InChI is InChI=1S/C10H13N3O2/c1-12-10(14)9-8(5-11-12)13-4-2-3-7(13)6-15-9/h5,7H,2-4,6H2,1H3/t7-/m0/s1. The minimum absolute atomic E-state index is 0.141. The normalized spacial score (nSPS) is 23.3. The first-order valence-corrected chi connectivity index (χ1v) is 5.23. The van der Waals surface area contributed by atoms with Gasteiger partial charge in [-0.1, -0.05) is 0 Å². The van der Waals surface area contributed by atoms with E-state index < -0.39 is 0 Å². The molecule has 1 atom stereocenters. The van der Waals surface area contributed by atoms with E-state index in [0.29, 0.717) is 18.4 Å². The first-order valence-electron chi connectivity index (χ1n) is 5.23. The van der Waals surface area contributed by atoms with Crippen molar-refractivity contribution in [2.45, 2.75) is 18.9 Å². The number of hydrogen-bond acceptors (Lipinski definition) is 4. The van der Waals surface area contributed by atoms with Crippen LogP contribution in [0.2, 0.25) is 0 Å². The van der Waals surface area contributed by atoms with Gasteiger partial charge in [-0.3, -0.25) is 4.79 Å². The maximum absolute atomic E-state index is 11.8. The zero-order valence-electron chi connectivity index (χ0n) is 8.64. The summed E-state index contributed by atoms with van der Waals surface area (Å²) in [6.07, 6.45) is 4.05. The van der Waals surface area contributed by atoms with Crippen molar-refractivity contribution >= 4 is 5.69 Å². The fourth-order valence-corrected chi connectivity index (χ4v) is 2.35. The number of nitrogens with zero attached hydrogens (tertiary/aromatic N) is 3. The number of ether oxygens (including phenoxy) is 1. The summed E-state index contributed by atoms with van der Waals surface area (Å²) in [5.41, 5.74) is 0.727. The molecule has 0 aliphatic carbocycles. The fraction of sp³-hybridized carbons (Fsp3) is 0.600. The molecule has 2 aliphatic heterocycles. The second kappa shape index (κ2) is 2.98. The summed E-state index contributed by atoms with van der Waals surface area (Å²) >= 11 is 0. The van der Waals surface area contributed by atoms with Crippen LogP contribution >= 0.6 is 0 Å². The quantitative estimate of drug-likeness (QED) is 0.607. The molecule has 2 aliphatic rings. The Kier molecular flexibility index (Phi) is 1.74. The van der Waals surface area contributed by atoms with Gasteiger partial charge in [0.1, 0.15) is 12.3 Å². The number of aromatic nitrogens is 2. The minimum atomic E-state index is -0.141. The largest absolute Gasteiger partial charge is 0.484 e. The molecular formula is C10H13N3O2. The topological polar surface area (TPSA) is 47.4 Å². The molecule has 0 bridgehead atoms. The second-order valence-electron chi connectivity index (χ2n) is 4.09. The van der Waals surface area contributed by atoms with Crippen LogP contribution in [0.1, 0.15) is 12.8 Å². The van der Waals surface area contributed by atoms with E-state index >= 15 is 0 Å². The first kappa shape index (κ1) is 8.76. The highest BCUT2D eigenvalue weighted by Crippen LogP contribution is 2.34. The molecule has 0 spiro atoms. The van der Waals surface area contributed by atoms with Crippen molar-refractivity contribution in [3.63, 3.8) is 0 Å². The Bertz CT molecular complexity index is 454. The number of rotatable bonds is 0. The Morgan fingerprint density at radius 3 is 3.33 bits per heavy atom. The van der Waals surface area contributed by atoms with Crippen LogP contribution < -0.4 is 15.2 Å². The molecule has 0 unspecified atom stereocenters. The Balaban J connectivity index is 2.15. The van der Waals surface area contributed by atoms with Crippen molar-refractivity contribution in [2.75, 3.05) is 18.1 Å². The van der Waals surface area contributed by atoms with E-state index in [9.17, 15) is 4.79 Å². The van der Waals surface area contributed by atoms with Crippen LogP contribution in [0.3, 0.4) is 0 Å². The second-order valence-corrected chi connectivity index (χ2v) is 4.09. The van der Waals surface area contributed by atoms with Crippen LogP contribution in [0.4, 0.5) is 5.69 Å².